The minimum Gasteiger partial charge on any atom is -0.344 e. The summed E-state index contributed by atoms with van der Waals surface area (Å²) in [6.45, 7) is -0.0239. The molecule has 106 valence electrons. The standard InChI is InChI=1S/C15H10ClNO2S2/c16-13-9-4-1-2-5-11(9)21-14(13)15(19)17-8-10(18)12-6-3-7-20-12/h1-7H,8H2,(H,17,19). The van der Waals surface area contributed by atoms with E-state index in [-0.39, 0.29) is 18.2 Å². The molecule has 1 amide bonds. The number of carbonyl (C=O) groups is 2. The van der Waals surface area contributed by atoms with Crippen LogP contribution in [-0.2, 0) is 0 Å². The van der Waals surface area contributed by atoms with Crippen molar-refractivity contribution in [3.8, 4) is 0 Å². The Morgan fingerprint density at radius 2 is 1.95 bits per heavy atom. The smallest absolute Gasteiger partial charge is 0.263 e. The molecule has 0 aliphatic rings. The lowest BCUT2D eigenvalue weighted by Gasteiger charge is -2.02. The number of fused-ring (bicyclic) bond motifs is 1. The minimum atomic E-state index is -0.314. The van der Waals surface area contributed by atoms with E-state index in [1.807, 2.05) is 35.7 Å². The first-order valence-corrected chi connectivity index (χ1v) is 8.26. The SMILES string of the molecule is O=C(CNC(=O)c1sc2ccccc2c1Cl)c1cccs1. The van der Waals surface area contributed by atoms with E-state index in [9.17, 15) is 9.59 Å². The lowest BCUT2D eigenvalue weighted by Crippen LogP contribution is -2.28. The molecule has 3 rings (SSSR count). The van der Waals surface area contributed by atoms with Crippen LogP contribution in [0.4, 0.5) is 0 Å². The highest BCUT2D eigenvalue weighted by Crippen LogP contribution is 2.34. The molecule has 6 heteroatoms. The molecule has 0 aliphatic heterocycles. The van der Waals surface area contributed by atoms with E-state index in [0.717, 1.165) is 10.1 Å². The monoisotopic (exact) mass is 335 g/mol. The minimum absolute atomic E-state index is 0.0239. The third-order valence-corrected chi connectivity index (χ3v) is 5.53. The number of Topliss-reactive ketones (excluding diaryl/α,β-unsaturated/α-hetero) is 1. The van der Waals surface area contributed by atoms with Gasteiger partial charge in [-0.25, -0.2) is 0 Å². The number of hydrogen-bond donors (Lipinski definition) is 1. The maximum atomic E-state index is 12.2. The number of carbonyl (C=O) groups excluding carboxylic acids is 2. The van der Waals surface area contributed by atoms with E-state index in [4.69, 9.17) is 11.6 Å². The summed E-state index contributed by atoms with van der Waals surface area (Å²) in [7, 11) is 0. The average molecular weight is 336 g/mol. The fraction of sp³-hybridized carbons (Fsp3) is 0.0667. The molecule has 0 aliphatic carbocycles. The topological polar surface area (TPSA) is 46.2 Å². The zero-order valence-electron chi connectivity index (χ0n) is 10.8. The van der Waals surface area contributed by atoms with Crippen molar-refractivity contribution < 1.29 is 9.59 Å². The summed E-state index contributed by atoms with van der Waals surface area (Å²) in [6.07, 6.45) is 0. The molecular formula is C15H10ClNO2S2. The largest absolute Gasteiger partial charge is 0.344 e. The van der Waals surface area contributed by atoms with Gasteiger partial charge in [-0.2, -0.15) is 0 Å². The lowest BCUT2D eigenvalue weighted by molar-refractivity contribution is 0.0908. The van der Waals surface area contributed by atoms with Gasteiger partial charge in [-0.1, -0.05) is 35.9 Å². The van der Waals surface area contributed by atoms with Crippen LogP contribution >= 0.6 is 34.3 Å². The lowest BCUT2D eigenvalue weighted by atomic mass is 10.2. The summed E-state index contributed by atoms with van der Waals surface area (Å²) >= 11 is 8.92. The molecule has 0 atom stereocenters. The van der Waals surface area contributed by atoms with Crippen LogP contribution in [0.25, 0.3) is 10.1 Å². The Hall–Kier alpha value is -1.69. The quantitative estimate of drug-likeness (QED) is 0.725. The van der Waals surface area contributed by atoms with Gasteiger partial charge in [0.15, 0.2) is 5.78 Å². The van der Waals surface area contributed by atoms with Crippen molar-refractivity contribution >= 4 is 56.1 Å². The van der Waals surface area contributed by atoms with Crippen LogP contribution in [0.15, 0.2) is 41.8 Å². The molecule has 2 heterocycles. The van der Waals surface area contributed by atoms with Crippen molar-refractivity contribution in [2.75, 3.05) is 6.54 Å². The zero-order valence-corrected chi connectivity index (χ0v) is 13.1. The number of rotatable bonds is 4. The van der Waals surface area contributed by atoms with E-state index in [2.05, 4.69) is 5.32 Å². The molecule has 0 saturated carbocycles. The third-order valence-electron chi connectivity index (χ3n) is 2.95. The fourth-order valence-corrected chi connectivity index (χ4v) is 4.02. The molecule has 0 radical (unpaired) electrons. The van der Waals surface area contributed by atoms with Crippen molar-refractivity contribution in [3.63, 3.8) is 0 Å². The van der Waals surface area contributed by atoms with Crippen molar-refractivity contribution in [1.82, 2.24) is 5.32 Å². The van der Waals surface area contributed by atoms with E-state index in [1.165, 1.54) is 22.7 Å². The molecule has 2 aromatic heterocycles. The molecule has 21 heavy (non-hydrogen) atoms. The van der Waals surface area contributed by atoms with Gasteiger partial charge < -0.3 is 5.32 Å². The van der Waals surface area contributed by atoms with Gasteiger partial charge in [-0.3, -0.25) is 9.59 Å². The Morgan fingerprint density at radius 3 is 2.67 bits per heavy atom. The second-order valence-electron chi connectivity index (χ2n) is 4.32. The molecule has 1 N–H and O–H groups in total. The molecule has 0 unspecified atom stereocenters. The summed E-state index contributed by atoms with van der Waals surface area (Å²) in [5, 5.41) is 5.77. The van der Waals surface area contributed by atoms with Crippen molar-refractivity contribution in [3.05, 3.63) is 56.6 Å². The van der Waals surface area contributed by atoms with Gasteiger partial charge in [0, 0.05) is 10.1 Å². The number of hydrogen-bond acceptors (Lipinski definition) is 4. The van der Waals surface area contributed by atoms with Crippen molar-refractivity contribution in [2.45, 2.75) is 0 Å². The molecule has 3 nitrogen and oxygen atoms in total. The number of ketones is 1. The summed E-state index contributed by atoms with van der Waals surface area (Å²) < 4.78 is 0.956. The molecular weight excluding hydrogens is 326 g/mol. The molecule has 0 saturated heterocycles. The van der Waals surface area contributed by atoms with Crippen molar-refractivity contribution in [2.24, 2.45) is 0 Å². The Balaban J connectivity index is 1.75. The van der Waals surface area contributed by atoms with Gasteiger partial charge in [-0.05, 0) is 17.5 Å². The van der Waals surface area contributed by atoms with Crippen LogP contribution in [0.2, 0.25) is 5.02 Å². The average Bonchev–Trinajstić information content (AvgIpc) is 3.13. The number of benzene rings is 1. The Bertz CT molecular complexity index is 808. The van der Waals surface area contributed by atoms with Crippen LogP contribution in [0, 0.1) is 0 Å². The number of amides is 1. The van der Waals surface area contributed by atoms with Gasteiger partial charge in [0.2, 0.25) is 0 Å². The normalized spacial score (nSPS) is 10.7. The Kier molecular flexibility index (Phi) is 4.05. The predicted molar refractivity (Wildman–Crippen MR) is 87.8 cm³/mol. The summed E-state index contributed by atoms with van der Waals surface area (Å²) in [5.74, 6) is -0.415. The third kappa shape index (κ3) is 2.85. The first kappa shape index (κ1) is 14.3. The highest BCUT2D eigenvalue weighted by molar-refractivity contribution is 7.21. The van der Waals surface area contributed by atoms with Gasteiger partial charge in [0.1, 0.15) is 4.88 Å². The van der Waals surface area contributed by atoms with Crippen LogP contribution in [-0.4, -0.2) is 18.2 Å². The van der Waals surface area contributed by atoms with Gasteiger partial charge in [0.05, 0.1) is 16.4 Å². The van der Waals surface area contributed by atoms with E-state index >= 15 is 0 Å². The highest BCUT2D eigenvalue weighted by Gasteiger charge is 2.17. The fourth-order valence-electron chi connectivity index (χ4n) is 1.93. The zero-order chi connectivity index (χ0) is 14.8. The molecule has 0 spiro atoms. The molecule has 1 aromatic carbocycles. The summed E-state index contributed by atoms with van der Waals surface area (Å²) in [5.41, 5.74) is 0. The van der Waals surface area contributed by atoms with E-state index < -0.39 is 0 Å². The van der Waals surface area contributed by atoms with Crippen LogP contribution < -0.4 is 5.32 Å². The Labute approximate surface area is 134 Å². The summed E-state index contributed by atoms with van der Waals surface area (Å²) in [6, 6.07) is 11.1. The highest BCUT2D eigenvalue weighted by atomic mass is 35.5. The van der Waals surface area contributed by atoms with E-state index in [0.29, 0.717) is 14.8 Å². The number of nitrogens with one attached hydrogen (secondary N) is 1. The second-order valence-corrected chi connectivity index (χ2v) is 6.70. The van der Waals surface area contributed by atoms with Crippen molar-refractivity contribution in [1.29, 1.82) is 0 Å². The summed E-state index contributed by atoms with van der Waals surface area (Å²) in [4.78, 5) is 25.1. The predicted octanol–water partition coefficient (Wildman–Crippen LogP) is 4.23. The van der Waals surface area contributed by atoms with Gasteiger partial charge >= 0.3 is 0 Å². The number of thiophene rings is 2. The van der Waals surface area contributed by atoms with Crippen LogP contribution in [0.5, 0.6) is 0 Å². The molecule has 0 bridgehead atoms. The van der Waals surface area contributed by atoms with Gasteiger partial charge in [-0.15, -0.1) is 22.7 Å². The maximum absolute atomic E-state index is 12.2. The second kappa shape index (κ2) is 5.97. The van der Waals surface area contributed by atoms with E-state index in [1.54, 1.807) is 6.07 Å². The first-order valence-electron chi connectivity index (χ1n) is 6.19. The van der Waals surface area contributed by atoms with Gasteiger partial charge in [0.25, 0.3) is 5.91 Å². The molecule has 3 aromatic rings. The maximum Gasteiger partial charge on any atom is 0.263 e. The van der Waals surface area contributed by atoms with Crippen LogP contribution in [0.1, 0.15) is 19.3 Å². The Morgan fingerprint density at radius 1 is 1.14 bits per heavy atom. The number of halogens is 1. The first-order chi connectivity index (χ1) is 10.2. The molecule has 0 fully saturated rings. The van der Waals surface area contributed by atoms with Crippen LogP contribution in [0.3, 0.4) is 0 Å².